The predicted octanol–water partition coefficient (Wildman–Crippen LogP) is 6.46. The smallest absolute Gasteiger partial charge is 0.308 e. The van der Waals surface area contributed by atoms with E-state index >= 15 is 0 Å². The molecule has 3 amide bonds. The molecule has 0 saturated heterocycles. The molecule has 0 spiro atoms. The molecule has 0 aliphatic heterocycles. The predicted molar refractivity (Wildman–Crippen MR) is 113 cm³/mol. The van der Waals surface area contributed by atoms with Gasteiger partial charge >= 0.3 is 6.03 Å². The summed E-state index contributed by atoms with van der Waals surface area (Å²) in [5.41, 5.74) is 0.661. The third-order valence-corrected chi connectivity index (χ3v) is 4.84. The third kappa shape index (κ3) is 4.97. The number of aromatic nitrogens is 1. The summed E-state index contributed by atoms with van der Waals surface area (Å²) in [7, 11) is 0. The minimum Gasteiger partial charge on any atom is -0.308 e. The Labute approximate surface area is 184 Å². The van der Waals surface area contributed by atoms with Crippen LogP contribution in [0.5, 0.6) is 0 Å². The van der Waals surface area contributed by atoms with Crippen molar-refractivity contribution >= 4 is 64.0 Å². The van der Waals surface area contributed by atoms with Gasteiger partial charge in [-0.15, -0.1) is 0 Å². The van der Waals surface area contributed by atoms with Gasteiger partial charge in [-0.05, 0) is 36.4 Å². The molecule has 0 saturated carbocycles. The molecule has 0 aliphatic rings. The first-order valence-electron chi connectivity index (χ1n) is 7.93. The summed E-state index contributed by atoms with van der Waals surface area (Å²) >= 11 is 24.0. The Hall–Kier alpha value is -2.38. The highest BCUT2D eigenvalue weighted by Gasteiger charge is 2.18. The van der Waals surface area contributed by atoms with Gasteiger partial charge in [-0.25, -0.2) is 9.18 Å². The molecule has 0 aliphatic carbocycles. The molecule has 0 fully saturated rings. The molecular weight excluding hydrogens is 463 g/mol. The first-order chi connectivity index (χ1) is 13.8. The second kappa shape index (κ2) is 8.97. The molecule has 0 atom stereocenters. The van der Waals surface area contributed by atoms with Crippen molar-refractivity contribution in [1.29, 1.82) is 0 Å². The van der Waals surface area contributed by atoms with Crippen molar-refractivity contribution in [2.45, 2.75) is 0 Å². The minimum absolute atomic E-state index is 0.118. The van der Waals surface area contributed by atoms with E-state index in [9.17, 15) is 14.0 Å². The third-order valence-electron chi connectivity index (χ3n) is 3.70. The van der Waals surface area contributed by atoms with Gasteiger partial charge < -0.3 is 5.32 Å². The van der Waals surface area contributed by atoms with E-state index in [0.717, 1.165) is 6.07 Å². The number of rotatable bonds is 3. The number of nitrogens with one attached hydrogen (secondary N) is 2. The van der Waals surface area contributed by atoms with Gasteiger partial charge in [0.1, 0.15) is 5.82 Å². The number of halogens is 5. The lowest BCUT2D eigenvalue weighted by molar-refractivity contribution is 0.0963. The highest BCUT2D eigenvalue weighted by Crippen LogP contribution is 2.34. The average molecular weight is 473 g/mol. The van der Waals surface area contributed by atoms with E-state index in [0.29, 0.717) is 27.0 Å². The first kappa shape index (κ1) is 21.3. The molecule has 2 aromatic carbocycles. The molecule has 0 bridgehead atoms. The summed E-state index contributed by atoms with van der Waals surface area (Å²) in [4.78, 5) is 28.5. The van der Waals surface area contributed by atoms with Crippen LogP contribution in [0.25, 0.3) is 11.3 Å². The average Bonchev–Trinajstić information content (AvgIpc) is 2.63. The zero-order chi connectivity index (χ0) is 21.1. The molecule has 5 nitrogen and oxygen atoms in total. The second-order valence-corrected chi connectivity index (χ2v) is 7.34. The topological polar surface area (TPSA) is 71.1 Å². The van der Waals surface area contributed by atoms with Crippen molar-refractivity contribution in [3.8, 4) is 11.3 Å². The highest BCUT2D eigenvalue weighted by molar-refractivity contribution is 6.38. The van der Waals surface area contributed by atoms with E-state index in [2.05, 4.69) is 10.3 Å². The summed E-state index contributed by atoms with van der Waals surface area (Å²) in [6.07, 6.45) is 1.41. The molecule has 148 valence electrons. The van der Waals surface area contributed by atoms with Crippen molar-refractivity contribution in [1.82, 2.24) is 10.3 Å². The van der Waals surface area contributed by atoms with Gasteiger partial charge in [0.2, 0.25) is 0 Å². The summed E-state index contributed by atoms with van der Waals surface area (Å²) in [5, 5.41) is 5.31. The summed E-state index contributed by atoms with van der Waals surface area (Å²) in [6.45, 7) is 0. The van der Waals surface area contributed by atoms with Crippen LogP contribution in [0, 0.1) is 5.82 Å². The molecular formula is C19H10Cl4FN3O2. The maximum atomic E-state index is 13.8. The zero-order valence-corrected chi connectivity index (χ0v) is 17.3. The number of amides is 3. The molecule has 1 aromatic heterocycles. The Balaban J connectivity index is 1.80. The van der Waals surface area contributed by atoms with E-state index in [1.165, 1.54) is 42.6 Å². The molecule has 2 N–H and O–H groups in total. The summed E-state index contributed by atoms with van der Waals surface area (Å²) in [6, 6.07) is 8.91. The lowest BCUT2D eigenvalue weighted by Crippen LogP contribution is -2.35. The van der Waals surface area contributed by atoms with Gasteiger partial charge in [0, 0.05) is 17.4 Å². The largest absolute Gasteiger partial charge is 0.326 e. The van der Waals surface area contributed by atoms with Crippen LogP contribution >= 0.6 is 46.4 Å². The molecule has 0 radical (unpaired) electrons. The van der Waals surface area contributed by atoms with Crippen LogP contribution in [0.15, 0.2) is 48.7 Å². The number of urea groups is 1. The Bertz CT molecular complexity index is 1100. The van der Waals surface area contributed by atoms with Crippen molar-refractivity contribution in [2.75, 3.05) is 5.32 Å². The summed E-state index contributed by atoms with van der Waals surface area (Å²) in [5.74, 6) is -1.83. The normalized spacial score (nSPS) is 10.5. The molecule has 3 rings (SSSR count). The number of nitrogens with zero attached hydrogens (tertiary/aromatic N) is 1. The van der Waals surface area contributed by atoms with Crippen LogP contribution < -0.4 is 10.6 Å². The highest BCUT2D eigenvalue weighted by atomic mass is 35.5. The van der Waals surface area contributed by atoms with Crippen LogP contribution in [0.4, 0.5) is 14.9 Å². The van der Waals surface area contributed by atoms with Crippen LogP contribution in [0.1, 0.15) is 10.4 Å². The number of hydrogen-bond donors (Lipinski definition) is 2. The second-order valence-electron chi connectivity index (χ2n) is 5.68. The maximum absolute atomic E-state index is 13.8. The fraction of sp³-hybridized carbons (Fsp3) is 0. The van der Waals surface area contributed by atoms with E-state index in [1.807, 2.05) is 5.32 Å². The van der Waals surface area contributed by atoms with Crippen molar-refractivity contribution in [3.63, 3.8) is 0 Å². The van der Waals surface area contributed by atoms with Crippen molar-refractivity contribution < 1.29 is 14.0 Å². The number of pyridine rings is 1. The van der Waals surface area contributed by atoms with E-state index in [4.69, 9.17) is 46.4 Å². The first-order valence-corrected chi connectivity index (χ1v) is 9.44. The standard InChI is InChI=1S/C19H10Cl4FN3O2/c20-9-6-14(23)17(25-8-9)11-7-10(4-5-12(11)21)26-19(29)27-18(28)16-13(22)2-1-3-15(16)24/h1-8H,(H2,26,27,28,29). The number of hydrogen-bond acceptors (Lipinski definition) is 3. The molecule has 1 heterocycles. The number of benzene rings is 2. The number of anilines is 1. The maximum Gasteiger partial charge on any atom is 0.326 e. The van der Waals surface area contributed by atoms with Crippen LogP contribution in [-0.2, 0) is 0 Å². The SMILES string of the molecule is O=C(NC(=O)c1c(F)cccc1Cl)Nc1ccc(Cl)c(-c2ncc(Cl)cc2Cl)c1. The monoisotopic (exact) mass is 471 g/mol. The summed E-state index contributed by atoms with van der Waals surface area (Å²) < 4.78 is 13.8. The fourth-order valence-corrected chi connectivity index (χ4v) is 3.38. The number of imide groups is 1. The van der Waals surface area contributed by atoms with E-state index in [-0.39, 0.29) is 10.0 Å². The molecule has 10 heteroatoms. The number of carbonyl (C=O) groups excluding carboxylic acids is 2. The molecule has 3 aromatic rings. The van der Waals surface area contributed by atoms with Gasteiger partial charge in [-0.3, -0.25) is 15.1 Å². The van der Waals surface area contributed by atoms with Gasteiger partial charge in [0.05, 0.1) is 31.3 Å². The Morgan fingerprint density at radius 2 is 1.69 bits per heavy atom. The Morgan fingerprint density at radius 3 is 2.38 bits per heavy atom. The van der Waals surface area contributed by atoms with Crippen LogP contribution in [0.2, 0.25) is 20.1 Å². The van der Waals surface area contributed by atoms with Gasteiger partial charge in [0.15, 0.2) is 0 Å². The fourth-order valence-electron chi connectivity index (χ4n) is 2.44. The lowest BCUT2D eigenvalue weighted by atomic mass is 10.1. The van der Waals surface area contributed by atoms with E-state index < -0.39 is 23.3 Å². The minimum atomic E-state index is -0.984. The van der Waals surface area contributed by atoms with E-state index in [1.54, 1.807) is 0 Å². The van der Waals surface area contributed by atoms with Gasteiger partial charge in [-0.1, -0.05) is 52.5 Å². The Kier molecular flexibility index (Phi) is 6.59. The van der Waals surface area contributed by atoms with Gasteiger partial charge in [-0.2, -0.15) is 0 Å². The molecule has 0 unspecified atom stereocenters. The quantitative estimate of drug-likeness (QED) is 0.459. The zero-order valence-electron chi connectivity index (χ0n) is 14.3. The van der Waals surface area contributed by atoms with Crippen molar-refractivity contribution in [3.05, 3.63) is 80.1 Å². The Morgan fingerprint density at radius 1 is 0.931 bits per heavy atom. The van der Waals surface area contributed by atoms with Crippen LogP contribution in [0.3, 0.4) is 0 Å². The molecule has 29 heavy (non-hydrogen) atoms. The van der Waals surface area contributed by atoms with Crippen molar-refractivity contribution in [2.24, 2.45) is 0 Å². The van der Waals surface area contributed by atoms with Gasteiger partial charge in [0.25, 0.3) is 5.91 Å². The van der Waals surface area contributed by atoms with Crippen LogP contribution in [-0.4, -0.2) is 16.9 Å². The lowest BCUT2D eigenvalue weighted by Gasteiger charge is -2.11. The number of carbonyl (C=O) groups is 2.